The molecule has 4 nitrogen and oxygen atoms in total. The molecule has 112 valence electrons. The minimum atomic E-state index is -0.323. The van der Waals surface area contributed by atoms with Crippen LogP contribution in [0.3, 0.4) is 0 Å². The lowest BCUT2D eigenvalue weighted by Crippen LogP contribution is -2.45. The van der Waals surface area contributed by atoms with Crippen LogP contribution in [0.2, 0.25) is 0 Å². The molecule has 2 fully saturated rings. The third-order valence-electron chi connectivity index (χ3n) is 4.59. The molecule has 4 heteroatoms. The Kier molecular flexibility index (Phi) is 3.95. The quantitative estimate of drug-likeness (QED) is 0.888. The van der Waals surface area contributed by atoms with E-state index in [-0.39, 0.29) is 23.3 Å². The standard InChI is InChI=1S/C17H22N2O2/c20-15-9-5-4-8-14(19-15)12-18-16(21)17(10-11-17)13-6-2-1-3-7-13/h1-3,6-7,14H,4-5,8-12H2,(H,18,21)(H,19,20). The second-order valence-corrected chi connectivity index (χ2v) is 6.17. The van der Waals surface area contributed by atoms with E-state index in [9.17, 15) is 9.59 Å². The molecule has 1 saturated heterocycles. The number of carbonyl (C=O) groups is 2. The lowest BCUT2D eigenvalue weighted by Gasteiger charge is -2.20. The molecule has 0 bridgehead atoms. The molecule has 0 radical (unpaired) electrons. The van der Waals surface area contributed by atoms with Gasteiger partial charge < -0.3 is 10.6 Å². The van der Waals surface area contributed by atoms with E-state index in [1.54, 1.807) is 0 Å². The van der Waals surface area contributed by atoms with Crippen LogP contribution in [0.4, 0.5) is 0 Å². The fourth-order valence-electron chi connectivity index (χ4n) is 3.12. The van der Waals surface area contributed by atoms with Crippen LogP contribution in [0.25, 0.3) is 0 Å². The van der Waals surface area contributed by atoms with Crippen molar-refractivity contribution in [1.29, 1.82) is 0 Å². The van der Waals surface area contributed by atoms with Crippen molar-refractivity contribution in [2.24, 2.45) is 0 Å². The van der Waals surface area contributed by atoms with Crippen LogP contribution in [0.5, 0.6) is 0 Å². The summed E-state index contributed by atoms with van der Waals surface area (Å²) in [6.07, 6.45) is 5.38. The van der Waals surface area contributed by atoms with Gasteiger partial charge in [0, 0.05) is 19.0 Å². The van der Waals surface area contributed by atoms with Gasteiger partial charge in [0.2, 0.25) is 11.8 Å². The molecule has 2 aliphatic rings. The average Bonchev–Trinajstić information content (AvgIpc) is 3.32. The summed E-state index contributed by atoms with van der Waals surface area (Å²) in [6.45, 7) is 0.541. The zero-order valence-electron chi connectivity index (χ0n) is 12.2. The van der Waals surface area contributed by atoms with Crippen molar-refractivity contribution in [3.8, 4) is 0 Å². The number of benzene rings is 1. The second kappa shape index (κ2) is 5.88. The lowest BCUT2D eigenvalue weighted by atomic mass is 9.95. The van der Waals surface area contributed by atoms with E-state index in [0.29, 0.717) is 13.0 Å². The summed E-state index contributed by atoms with van der Waals surface area (Å²) in [6, 6.07) is 10.1. The Bertz CT molecular complexity index is 523. The Morgan fingerprint density at radius 3 is 2.71 bits per heavy atom. The molecule has 1 aromatic carbocycles. The number of hydrogen-bond acceptors (Lipinski definition) is 2. The van der Waals surface area contributed by atoms with Gasteiger partial charge in [0.1, 0.15) is 0 Å². The molecular formula is C17H22N2O2. The largest absolute Gasteiger partial charge is 0.353 e. The van der Waals surface area contributed by atoms with Crippen molar-refractivity contribution >= 4 is 11.8 Å². The van der Waals surface area contributed by atoms with Gasteiger partial charge in [-0.3, -0.25) is 9.59 Å². The van der Waals surface area contributed by atoms with Gasteiger partial charge in [-0.05, 0) is 31.2 Å². The van der Waals surface area contributed by atoms with E-state index in [4.69, 9.17) is 0 Å². The van der Waals surface area contributed by atoms with Crippen LogP contribution in [-0.2, 0) is 15.0 Å². The monoisotopic (exact) mass is 286 g/mol. The van der Waals surface area contributed by atoms with E-state index in [1.807, 2.05) is 30.3 Å². The first-order valence-electron chi connectivity index (χ1n) is 7.84. The second-order valence-electron chi connectivity index (χ2n) is 6.17. The summed E-state index contributed by atoms with van der Waals surface area (Å²) in [5, 5.41) is 6.04. The van der Waals surface area contributed by atoms with Crippen LogP contribution in [-0.4, -0.2) is 24.4 Å². The fourth-order valence-corrected chi connectivity index (χ4v) is 3.12. The van der Waals surface area contributed by atoms with Gasteiger partial charge in [0.25, 0.3) is 0 Å². The molecule has 3 rings (SSSR count). The highest BCUT2D eigenvalue weighted by Gasteiger charge is 2.51. The van der Waals surface area contributed by atoms with Gasteiger partial charge in [-0.1, -0.05) is 36.8 Å². The minimum absolute atomic E-state index is 0.0792. The van der Waals surface area contributed by atoms with E-state index < -0.39 is 0 Å². The topological polar surface area (TPSA) is 58.2 Å². The molecule has 1 heterocycles. The van der Waals surface area contributed by atoms with E-state index >= 15 is 0 Å². The normalized spacial score (nSPS) is 23.8. The highest BCUT2D eigenvalue weighted by atomic mass is 16.2. The maximum atomic E-state index is 12.5. The number of carbonyl (C=O) groups excluding carboxylic acids is 2. The Morgan fingerprint density at radius 2 is 2.00 bits per heavy atom. The fraction of sp³-hybridized carbons (Fsp3) is 0.529. The molecule has 1 aromatic rings. The maximum absolute atomic E-state index is 12.5. The first kappa shape index (κ1) is 14.1. The van der Waals surface area contributed by atoms with E-state index in [1.165, 1.54) is 0 Å². The Hall–Kier alpha value is -1.84. The molecule has 1 atom stereocenters. The summed E-state index contributed by atoms with van der Waals surface area (Å²) in [7, 11) is 0. The molecule has 0 spiro atoms. The van der Waals surface area contributed by atoms with Gasteiger partial charge in [-0.25, -0.2) is 0 Å². The molecule has 1 aliphatic heterocycles. The van der Waals surface area contributed by atoms with Crippen LogP contribution in [0.1, 0.15) is 44.1 Å². The van der Waals surface area contributed by atoms with Crippen LogP contribution in [0, 0.1) is 0 Å². The number of amides is 2. The van der Waals surface area contributed by atoms with Gasteiger partial charge in [0.15, 0.2) is 0 Å². The molecule has 0 aromatic heterocycles. The predicted molar refractivity (Wildman–Crippen MR) is 80.8 cm³/mol. The summed E-state index contributed by atoms with van der Waals surface area (Å²) < 4.78 is 0. The first-order chi connectivity index (χ1) is 10.2. The molecule has 2 amide bonds. The van der Waals surface area contributed by atoms with Crippen LogP contribution in [0.15, 0.2) is 30.3 Å². The average molecular weight is 286 g/mol. The zero-order chi connectivity index (χ0) is 14.7. The zero-order valence-corrected chi connectivity index (χ0v) is 12.2. The molecule has 1 saturated carbocycles. The van der Waals surface area contributed by atoms with E-state index in [2.05, 4.69) is 10.6 Å². The van der Waals surface area contributed by atoms with Gasteiger partial charge in [-0.2, -0.15) is 0 Å². The van der Waals surface area contributed by atoms with Crippen molar-refractivity contribution in [3.05, 3.63) is 35.9 Å². The Labute approximate surface area is 125 Å². The Balaban J connectivity index is 1.58. The smallest absolute Gasteiger partial charge is 0.230 e. The highest BCUT2D eigenvalue weighted by molar-refractivity contribution is 5.91. The highest BCUT2D eigenvalue weighted by Crippen LogP contribution is 2.48. The van der Waals surface area contributed by atoms with Crippen LogP contribution >= 0.6 is 0 Å². The third kappa shape index (κ3) is 3.09. The third-order valence-corrected chi connectivity index (χ3v) is 4.59. The SMILES string of the molecule is O=C1CCCCC(CNC(=O)C2(c3ccccc3)CC2)N1. The lowest BCUT2D eigenvalue weighted by molar-refractivity contribution is -0.124. The molecule has 1 aliphatic carbocycles. The van der Waals surface area contributed by atoms with Crippen molar-refractivity contribution < 1.29 is 9.59 Å². The first-order valence-corrected chi connectivity index (χ1v) is 7.84. The number of rotatable bonds is 4. The summed E-state index contributed by atoms with van der Waals surface area (Å²) in [5.74, 6) is 0.211. The van der Waals surface area contributed by atoms with Gasteiger partial charge >= 0.3 is 0 Å². The van der Waals surface area contributed by atoms with Crippen molar-refractivity contribution in [2.75, 3.05) is 6.54 Å². The summed E-state index contributed by atoms with van der Waals surface area (Å²) in [4.78, 5) is 24.1. The van der Waals surface area contributed by atoms with Crippen molar-refractivity contribution in [3.63, 3.8) is 0 Å². The van der Waals surface area contributed by atoms with Gasteiger partial charge in [-0.15, -0.1) is 0 Å². The van der Waals surface area contributed by atoms with Gasteiger partial charge in [0.05, 0.1) is 5.41 Å². The minimum Gasteiger partial charge on any atom is -0.353 e. The van der Waals surface area contributed by atoms with E-state index in [0.717, 1.165) is 37.7 Å². The predicted octanol–water partition coefficient (Wildman–Crippen LogP) is 1.89. The summed E-state index contributed by atoms with van der Waals surface area (Å²) in [5.41, 5.74) is 0.781. The molecule has 21 heavy (non-hydrogen) atoms. The van der Waals surface area contributed by atoms with Crippen LogP contribution < -0.4 is 10.6 Å². The molecule has 2 N–H and O–H groups in total. The number of nitrogens with one attached hydrogen (secondary N) is 2. The van der Waals surface area contributed by atoms with Crippen molar-refractivity contribution in [2.45, 2.75) is 50.0 Å². The summed E-state index contributed by atoms with van der Waals surface area (Å²) >= 11 is 0. The Morgan fingerprint density at radius 1 is 1.24 bits per heavy atom. The number of hydrogen-bond donors (Lipinski definition) is 2. The van der Waals surface area contributed by atoms with Crippen molar-refractivity contribution in [1.82, 2.24) is 10.6 Å². The maximum Gasteiger partial charge on any atom is 0.230 e. The molecular weight excluding hydrogens is 264 g/mol. The molecule has 1 unspecified atom stereocenters.